The highest BCUT2D eigenvalue weighted by Crippen LogP contribution is 2.33. The van der Waals surface area contributed by atoms with Crippen LogP contribution in [0.25, 0.3) is 0 Å². The van der Waals surface area contributed by atoms with Gasteiger partial charge in [-0.3, -0.25) is 4.79 Å². The third-order valence-electron chi connectivity index (χ3n) is 3.50. The lowest BCUT2D eigenvalue weighted by Gasteiger charge is -2.38. The molecule has 1 heterocycles. The monoisotopic (exact) mass is 215 g/mol. The largest absolute Gasteiger partial charge is 0.343 e. The molecule has 0 aromatic carbocycles. The minimum atomic E-state index is 0.276. The fraction of sp³-hybridized carbons (Fsp3) is 0.909. The van der Waals surface area contributed by atoms with Gasteiger partial charge in [0.1, 0.15) is 0 Å². The molecule has 0 aromatic heterocycles. The van der Waals surface area contributed by atoms with E-state index >= 15 is 0 Å². The van der Waals surface area contributed by atoms with Crippen LogP contribution >= 0.6 is 12.6 Å². The van der Waals surface area contributed by atoms with Gasteiger partial charge in [0.2, 0.25) is 5.91 Å². The SMILES string of the molecule is CCC1(C)CCN(C(=O)CCS)CC1. The maximum absolute atomic E-state index is 11.6. The van der Waals surface area contributed by atoms with Crippen LogP contribution in [0.15, 0.2) is 0 Å². The van der Waals surface area contributed by atoms with E-state index in [9.17, 15) is 4.79 Å². The van der Waals surface area contributed by atoms with Crippen LogP contribution in [-0.2, 0) is 4.79 Å². The lowest BCUT2D eigenvalue weighted by atomic mass is 9.78. The summed E-state index contributed by atoms with van der Waals surface area (Å²) in [6.07, 6.45) is 4.12. The van der Waals surface area contributed by atoms with Crippen LogP contribution in [0.4, 0.5) is 0 Å². The molecule has 82 valence electrons. The number of piperidine rings is 1. The van der Waals surface area contributed by atoms with E-state index in [4.69, 9.17) is 0 Å². The van der Waals surface area contributed by atoms with Gasteiger partial charge >= 0.3 is 0 Å². The van der Waals surface area contributed by atoms with Gasteiger partial charge in [-0.15, -0.1) is 0 Å². The zero-order chi connectivity index (χ0) is 10.6. The standard InChI is InChI=1S/C11H21NOS/c1-3-11(2)5-7-12(8-6-11)10(13)4-9-14/h14H,3-9H2,1-2H3. The number of amides is 1. The highest BCUT2D eigenvalue weighted by atomic mass is 32.1. The Bertz CT molecular complexity index is 197. The Labute approximate surface area is 92.5 Å². The Morgan fingerprint density at radius 2 is 2.00 bits per heavy atom. The normalized spacial score (nSPS) is 20.9. The van der Waals surface area contributed by atoms with Crippen molar-refractivity contribution in [2.24, 2.45) is 5.41 Å². The first kappa shape index (κ1) is 11.9. The molecule has 14 heavy (non-hydrogen) atoms. The Morgan fingerprint density at radius 1 is 1.43 bits per heavy atom. The van der Waals surface area contributed by atoms with E-state index in [2.05, 4.69) is 26.5 Å². The number of carbonyl (C=O) groups excluding carboxylic acids is 1. The first-order valence-corrected chi connectivity index (χ1v) is 6.13. The van der Waals surface area contributed by atoms with Crippen LogP contribution in [0.2, 0.25) is 0 Å². The van der Waals surface area contributed by atoms with Crippen molar-refractivity contribution >= 4 is 18.5 Å². The summed E-state index contributed by atoms with van der Waals surface area (Å²) in [5, 5.41) is 0. The first-order valence-electron chi connectivity index (χ1n) is 5.50. The Hall–Kier alpha value is -0.180. The lowest BCUT2D eigenvalue weighted by Crippen LogP contribution is -2.42. The second kappa shape index (κ2) is 5.06. The van der Waals surface area contributed by atoms with Gasteiger partial charge < -0.3 is 4.90 Å². The van der Waals surface area contributed by atoms with Crippen molar-refractivity contribution in [2.45, 2.75) is 39.5 Å². The number of carbonyl (C=O) groups is 1. The molecule has 1 aliphatic heterocycles. The molecule has 0 bridgehead atoms. The molecule has 1 saturated heterocycles. The van der Waals surface area contributed by atoms with Crippen molar-refractivity contribution in [3.05, 3.63) is 0 Å². The fourth-order valence-corrected chi connectivity index (χ4v) is 2.09. The van der Waals surface area contributed by atoms with E-state index in [1.54, 1.807) is 0 Å². The molecule has 0 N–H and O–H groups in total. The van der Waals surface area contributed by atoms with Crippen molar-refractivity contribution in [3.63, 3.8) is 0 Å². The molecule has 0 spiro atoms. The first-order chi connectivity index (χ1) is 6.61. The van der Waals surface area contributed by atoms with Crippen molar-refractivity contribution in [3.8, 4) is 0 Å². The molecule has 1 fully saturated rings. The van der Waals surface area contributed by atoms with Gasteiger partial charge in [0.15, 0.2) is 0 Å². The molecule has 0 saturated carbocycles. The molecule has 3 heteroatoms. The number of hydrogen-bond donors (Lipinski definition) is 1. The highest BCUT2D eigenvalue weighted by Gasteiger charge is 2.29. The average molecular weight is 215 g/mol. The minimum absolute atomic E-state index is 0.276. The zero-order valence-electron chi connectivity index (χ0n) is 9.25. The summed E-state index contributed by atoms with van der Waals surface area (Å²) in [6.45, 7) is 6.45. The summed E-state index contributed by atoms with van der Waals surface area (Å²) in [5.41, 5.74) is 0.470. The van der Waals surface area contributed by atoms with Crippen LogP contribution in [-0.4, -0.2) is 29.6 Å². The van der Waals surface area contributed by atoms with Crippen LogP contribution < -0.4 is 0 Å². The van der Waals surface area contributed by atoms with Gasteiger partial charge in [-0.2, -0.15) is 12.6 Å². The fourth-order valence-electron chi connectivity index (χ4n) is 1.90. The molecule has 1 rings (SSSR count). The van der Waals surface area contributed by atoms with Gasteiger partial charge in [0, 0.05) is 19.5 Å². The molecule has 0 radical (unpaired) electrons. The van der Waals surface area contributed by atoms with Crippen LogP contribution in [0.3, 0.4) is 0 Å². The molecule has 1 amide bonds. The molecule has 1 aliphatic rings. The van der Waals surface area contributed by atoms with E-state index in [1.165, 1.54) is 6.42 Å². The van der Waals surface area contributed by atoms with Crippen molar-refractivity contribution in [1.29, 1.82) is 0 Å². The Morgan fingerprint density at radius 3 is 2.43 bits per heavy atom. The summed E-state index contributed by atoms with van der Waals surface area (Å²) in [6, 6.07) is 0. The number of thiol groups is 1. The third kappa shape index (κ3) is 2.91. The summed E-state index contributed by atoms with van der Waals surface area (Å²) in [5.74, 6) is 0.943. The van der Waals surface area contributed by atoms with Crippen LogP contribution in [0.5, 0.6) is 0 Å². The average Bonchev–Trinajstić information content (AvgIpc) is 2.19. The Kier molecular flexibility index (Phi) is 4.30. The molecule has 0 aromatic rings. The van der Waals surface area contributed by atoms with Gasteiger partial charge in [-0.1, -0.05) is 20.3 Å². The van der Waals surface area contributed by atoms with Crippen LogP contribution in [0, 0.1) is 5.41 Å². The summed E-state index contributed by atoms with van der Waals surface area (Å²) < 4.78 is 0. The number of hydrogen-bond acceptors (Lipinski definition) is 2. The second-order valence-electron chi connectivity index (χ2n) is 4.52. The summed E-state index contributed by atoms with van der Waals surface area (Å²) in [7, 11) is 0. The molecule has 0 unspecified atom stereocenters. The molecule has 0 aliphatic carbocycles. The van der Waals surface area contributed by atoms with E-state index in [-0.39, 0.29) is 5.91 Å². The maximum atomic E-state index is 11.6. The van der Waals surface area contributed by atoms with Gasteiger partial charge in [0.05, 0.1) is 0 Å². The van der Waals surface area contributed by atoms with Crippen molar-refractivity contribution in [1.82, 2.24) is 4.90 Å². The number of rotatable bonds is 3. The highest BCUT2D eigenvalue weighted by molar-refractivity contribution is 7.80. The van der Waals surface area contributed by atoms with Crippen molar-refractivity contribution in [2.75, 3.05) is 18.8 Å². The molecular formula is C11H21NOS. The Balaban J connectivity index is 2.39. The van der Waals surface area contributed by atoms with Gasteiger partial charge in [0.25, 0.3) is 0 Å². The molecular weight excluding hydrogens is 194 g/mol. The molecule has 0 atom stereocenters. The third-order valence-corrected chi connectivity index (χ3v) is 3.73. The quantitative estimate of drug-likeness (QED) is 0.717. The second-order valence-corrected chi connectivity index (χ2v) is 4.97. The summed E-state index contributed by atoms with van der Waals surface area (Å²) >= 11 is 4.08. The van der Waals surface area contributed by atoms with Crippen molar-refractivity contribution < 1.29 is 4.79 Å². The van der Waals surface area contributed by atoms with Crippen LogP contribution in [0.1, 0.15) is 39.5 Å². The predicted octanol–water partition coefficient (Wildman–Crippen LogP) is 2.35. The molecule has 2 nitrogen and oxygen atoms in total. The van der Waals surface area contributed by atoms with E-state index < -0.39 is 0 Å². The smallest absolute Gasteiger partial charge is 0.223 e. The van der Waals surface area contributed by atoms with Gasteiger partial charge in [-0.25, -0.2) is 0 Å². The minimum Gasteiger partial charge on any atom is -0.343 e. The predicted molar refractivity (Wildman–Crippen MR) is 62.7 cm³/mol. The topological polar surface area (TPSA) is 20.3 Å². The van der Waals surface area contributed by atoms with E-state index in [0.717, 1.165) is 25.9 Å². The summed E-state index contributed by atoms with van der Waals surface area (Å²) in [4.78, 5) is 13.6. The number of likely N-dealkylation sites (tertiary alicyclic amines) is 1. The number of nitrogens with zero attached hydrogens (tertiary/aromatic N) is 1. The maximum Gasteiger partial charge on any atom is 0.223 e. The lowest BCUT2D eigenvalue weighted by molar-refractivity contribution is -0.132. The van der Waals surface area contributed by atoms with E-state index in [0.29, 0.717) is 17.6 Å². The van der Waals surface area contributed by atoms with Gasteiger partial charge in [-0.05, 0) is 24.0 Å². The zero-order valence-corrected chi connectivity index (χ0v) is 10.1. The van der Waals surface area contributed by atoms with E-state index in [1.807, 2.05) is 4.90 Å².